The summed E-state index contributed by atoms with van der Waals surface area (Å²) in [6.45, 7) is 1.94. The summed E-state index contributed by atoms with van der Waals surface area (Å²) >= 11 is 0. The van der Waals surface area contributed by atoms with Gasteiger partial charge in [-0.1, -0.05) is 12.1 Å². The Morgan fingerprint density at radius 2 is 1.72 bits per heavy atom. The summed E-state index contributed by atoms with van der Waals surface area (Å²) in [7, 11) is 3.96. The largest absolute Gasteiger partial charge is 0.389 e. The minimum Gasteiger partial charge on any atom is -0.363 e. The summed E-state index contributed by atoms with van der Waals surface area (Å²) in [5.74, 6) is 1.15. The monoisotopic (exact) mass is 646 g/mol. The second-order valence-corrected chi connectivity index (χ2v) is 12.1. The van der Waals surface area contributed by atoms with Gasteiger partial charge in [0.1, 0.15) is 5.82 Å². The number of carbonyl (C=O) groups excluding carboxylic acids is 2. The lowest BCUT2D eigenvalue weighted by Gasteiger charge is -2.32. The first-order valence-electron chi connectivity index (χ1n) is 15.7. The number of halogens is 3. The second-order valence-electron chi connectivity index (χ2n) is 12.1. The molecule has 0 unspecified atom stereocenters. The fourth-order valence-corrected chi connectivity index (χ4v) is 6.06. The minimum atomic E-state index is -4.35. The van der Waals surface area contributed by atoms with Gasteiger partial charge in [-0.25, -0.2) is 9.50 Å². The van der Waals surface area contributed by atoms with Crippen molar-refractivity contribution in [3.63, 3.8) is 0 Å². The molecule has 13 heteroatoms. The van der Waals surface area contributed by atoms with Crippen LogP contribution in [0.2, 0.25) is 0 Å². The van der Waals surface area contributed by atoms with E-state index in [0.717, 1.165) is 41.2 Å². The van der Waals surface area contributed by atoms with Gasteiger partial charge in [0.2, 0.25) is 11.9 Å². The number of nitrogens with zero attached hydrogens (tertiary/aromatic N) is 7. The Bertz CT molecular complexity index is 1780. The number of nitrogens with one attached hydrogen (secondary N) is 1. The fraction of sp³-hybridized carbons (Fsp3) is 0.382. The minimum absolute atomic E-state index is 0.00173. The summed E-state index contributed by atoms with van der Waals surface area (Å²) in [6.07, 6.45) is -0.121. The first-order chi connectivity index (χ1) is 22.5. The van der Waals surface area contributed by atoms with Crippen molar-refractivity contribution >= 4 is 40.5 Å². The molecule has 0 radical (unpaired) electrons. The van der Waals surface area contributed by atoms with Crippen molar-refractivity contribution in [3.05, 3.63) is 83.7 Å². The van der Waals surface area contributed by atoms with E-state index >= 15 is 0 Å². The number of pyridine rings is 2. The van der Waals surface area contributed by atoms with Crippen LogP contribution < -0.4 is 10.2 Å². The molecule has 2 aliphatic rings. The van der Waals surface area contributed by atoms with E-state index < -0.39 is 24.9 Å². The topological polar surface area (TPSA) is 99.0 Å². The van der Waals surface area contributed by atoms with E-state index in [1.165, 1.54) is 4.90 Å². The highest BCUT2D eigenvalue weighted by atomic mass is 19.4. The van der Waals surface area contributed by atoms with E-state index in [-0.39, 0.29) is 12.5 Å². The summed E-state index contributed by atoms with van der Waals surface area (Å²) in [5.41, 5.74) is 4.85. The molecule has 3 aromatic heterocycles. The highest BCUT2D eigenvalue weighted by molar-refractivity contribution is 5.94. The van der Waals surface area contributed by atoms with Crippen LogP contribution in [-0.4, -0.2) is 87.6 Å². The zero-order valence-electron chi connectivity index (χ0n) is 26.4. The quantitative estimate of drug-likeness (QED) is 0.254. The summed E-state index contributed by atoms with van der Waals surface area (Å²) in [4.78, 5) is 40.3. The first kappa shape index (κ1) is 32.0. The van der Waals surface area contributed by atoms with Crippen molar-refractivity contribution in [2.75, 3.05) is 50.5 Å². The third-order valence-corrected chi connectivity index (χ3v) is 8.70. The zero-order valence-corrected chi connectivity index (χ0v) is 26.4. The maximum atomic E-state index is 13.3. The van der Waals surface area contributed by atoms with Crippen LogP contribution in [0.3, 0.4) is 0 Å². The van der Waals surface area contributed by atoms with Gasteiger partial charge in [-0.2, -0.15) is 18.2 Å². The standard InChI is InChI=1S/C34H37F3N8O2/c1-42(2)29-7-3-6-28(39-29)24-15-21-44(22-16-24)32(47)25-8-10-26(11-9-25)38-33-40-31-27(5-4-18-45(31)41-33)23-13-19-43(20-14-23)30(46)12-17-34(35,36)37/h3-11,13,18,24H,12,14-17,19-22H2,1-2H3,(H,38,41). The normalized spacial score (nSPS) is 15.9. The maximum Gasteiger partial charge on any atom is 0.389 e. The number of rotatable bonds is 8. The van der Waals surface area contributed by atoms with Crippen molar-refractivity contribution < 1.29 is 22.8 Å². The van der Waals surface area contributed by atoms with Crippen LogP contribution in [0.5, 0.6) is 0 Å². The van der Waals surface area contributed by atoms with E-state index in [0.29, 0.717) is 49.1 Å². The molecule has 1 N–H and O–H groups in total. The molecule has 0 saturated carbocycles. The van der Waals surface area contributed by atoms with Crippen molar-refractivity contribution in [2.45, 2.75) is 44.2 Å². The van der Waals surface area contributed by atoms with Gasteiger partial charge >= 0.3 is 6.18 Å². The number of likely N-dealkylation sites (tertiary alicyclic amines) is 1. The number of benzene rings is 1. The zero-order chi connectivity index (χ0) is 33.1. The van der Waals surface area contributed by atoms with Gasteiger partial charge in [-0.15, -0.1) is 5.10 Å². The van der Waals surface area contributed by atoms with Crippen molar-refractivity contribution in [1.82, 2.24) is 29.4 Å². The second kappa shape index (κ2) is 13.4. The molecule has 10 nitrogen and oxygen atoms in total. The van der Waals surface area contributed by atoms with E-state index in [1.807, 2.05) is 66.4 Å². The summed E-state index contributed by atoms with van der Waals surface area (Å²) in [6, 6.07) is 17.1. The van der Waals surface area contributed by atoms with Crippen molar-refractivity contribution in [3.8, 4) is 0 Å². The van der Waals surface area contributed by atoms with Gasteiger partial charge in [0.05, 0.1) is 6.42 Å². The van der Waals surface area contributed by atoms with E-state index in [1.54, 1.807) is 22.8 Å². The Hall–Kier alpha value is -4.94. The molecular weight excluding hydrogens is 609 g/mol. The predicted octanol–water partition coefficient (Wildman–Crippen LogP) is 5.91. The van der Waals surface area contributed by atoms with Gasteiger partial charge < -0.3 is 20.0 Å². The lowest BCUT2D eigenvalue weighted by Crippen LogP contribution is -2.38. The average Bonchev–Trinajstić information content (AvgIpc) is 3.50. The molecule has 2 amide bonds. The van der Waals surface area contributed by atoms with Crippen LogP contribution in [0.15, 0.2) is 66.9 Å². The van der Waals surface area contributed by atoms with Crippen LogP contribution in [0.4, 0.5) is 30.6 Å². The Labute approximate surface area is 270 Å². The molecule has 0 aliphatic carbocycles. The fourth-order valence-electron chi connectivity index (χ4n) is 6.06. The van der Waals surface area contributed by atoms with Crippen molar-refractivity contribution in [2.24, 2.45) is 0 Å². The third kappa shape index (κ3) is 7.55. The Morgan fingerprint density at radius 3 is 2.40 bits per heavy atom. The molecule has 1 aromatic carbocycles. The molecule has 1 saturated heterocycles. The number of hydrogen-bond acceptors (Lipinski definition) is 7. The highest BCUT2D eigenvalue weighted by Crippen LogP contribution is 2.30. The predicted molar refractivity (Wildman–Crippen MR) is 174 cm³/mol. The van der Waals surface area contributed by atoms with Gasteiger partial charge in [0, 0.05) is 81.3 Å². The van der Waals surface area contributed by atoms with Crippen LogP contribution in [0, 0.1) is 0 Å². The molecule has 4 aromatic rings. The molecule has 0 bridgehead atoms. The molecule has 2 aliphatic heterocycles. The van der Waals surface area contributed by atoms with E-state index in [4.69, 9.17) is 4.98 Å². The number of carbonyl (C=O) groups is 2. The number of amides is 2. The Morgan fingerprint density at radius 1 is 0.957 bits per heavy atom. The molecule has 47 heavy (non-hydrogen) atoms. The van der Waals surface area contributed by atoms with Gasteiger partial charge in [-0.05, 0) is 73.4 Å². The van der Waals surface area contributed by atoms with Crippen LogP contribution in [-0.2, 0) is 4.79 Å². The number of aromatic nitrogens is 4. The van der Waals surface area contributed by atoms with Gasteiger partial charge in [-0.3, -0.25) is 9.59 Å². The third-order valence-electron chi connectivity index (χ3n) is 8.70. The SMILES string of the molecule is CN(C)c1cccc(C2CCN(C(=O)c3ccc(Nc4nc5c(C6=CCN(C(=O)CCC(F)(F)F)CC6)cccn5n4)cc3)CC2)n1. The van der Waals surface area contributed by atoms with E-state index in [2.05, 4.69) is 21.5 Å². The molecule has 0 atom stereocenters. The number of piperidine rings is 1. The van der Waals surface area contributed by atoms with Crippen LogP contribution >= 0.6 is 0 Å². The van der Waals surface area contributed by atoms with Crippen LogP contribution in [0.25, 0.3) is 11.2 Å². The van der Waals surface area contributed by atoms with Crippen molar-refractivity contribution in [1.29, 1.82) is 0 Å². The number of alkyl halides is 3. The summed E-state index contributed by atoms with van der Waals surface area (Å²) in [5, 5.41) is 7.76. The smallest absolute Gasteiger partial charge is 0.363 e. The molecule has 6 rings (SSSR count). The van der Waals surface area contributed by atoms with Crippen LogP contribution in [0.1, 0.15) is 59.6 Å². The number of hydrogen-bond donors (Lipinski definition) is 1. The molecular formula is C34H37F3N8O2. The lowest BCUT2D eigenvalue weighted by atomic mass is 9.92. The van der Waals surface area contributed by atoms with E-state index in [9.17, 15) is 22.8 Å². The molecule has 0 spiro atoms. The molecule has 5 heterocycles. The molecule has 246 valence electrons. The summed E-state index contributed by atoms with van der Waals surface area (Å²) < 4.78 is 39.3. The number of fused-ring (bicyclic) bond motifs is 1. The average molecular weight is 647 g/mol. The Balaban J connectivity index is 1.06. The molecule has 1 fully saturated rings. The number of anilines is 3. The van der Waals surface area contributed by atoms with Gasteiger partial charge in [0.25, 0.3) is 5.91 Å². The maximum absolute atomic E-state index is 13.3. The first-order valence-corrected chi connectivity index (χ1v) is 15.7. The Kier molecular flexibility index (Phi) is 9.15. The van der Waals surface area contributed by atoms with Gasteiger partial charge in [0.15, 0.2) is 5.65 Å². The highest BCUT2D eigenvalue weighted by Gasteiger charge is 2.30. The lowest BCUT2D eigenvalue weighted by molar-refractivity contribution is -0.148.